The smallest absolute Gasteiger partial charge is 0.250 e. The number of nitrogens with one attached hydrogen (secondary N) is 2. The van der Waals surface area contributed by atoms with E-state index >= 15 is 0 Å². The molecule has 0 bridgehead atoms. The van der Waals surface area contributed by atoms with Crippen LogP contribution in [-0.2, 0) is 16.6 Å². The summed E-state index contributed by atoms with van der Waals surface area (Å²) in [5.74, 6) is 0. The Bertz CT molecular complexity index is 561. The minimum atomic E-state index is -3.38. The van der Waals surface area contributed by atoms with Crippen molar-refractivity contribution in [1.82, 2.24) is 14.9 Å². The Morgan fingerprint density at radius 1 is 1.38 bits per heavy atom. The number of piperidine rings is 1. The van der Waals surface area contributed by atoms with Gasteiger partial charge in [-0.1, -0.05) is 6.92 Å². The number of sulfonamides is 1. The first-order valence-corrected chi connectivity index (χ1v) is 9.61. The fourth-order valence-corrected chi connectivity index (χ4v) is 4.92. The molecule has 7 heteroatoms. The highest BCUT2D eigenvalue weighted by Gasteiger charge is 2.30. The summed E-state index contributed by atoms with van der Waals surface area (Å²) in [6.07, 6.45) is 2.06. The van der Waals surface area contributed by atoms with E-state index in [0.29, 0.717) is 17.3 Å². The molecule has 0 aromatic carbocycles. The fourth-order valence-electron chi connectivity index (χ4n) is 2.47. The quantitative estimate of drug-likeness (QED) is 0.829. The number of thiophene rings is 1. The molecule has 120 valence electrons. The maximum absolute atomic E-state index is 12.4. The topological polar surface area (TPSA) is 61.4 Å². The molecule has 1 aliphatic rings. The average Bonchev–Trinajstić information content (AvgIpc) is 2.91. The summed E-state index contributed by atoms with van der Waals surface area (Å²) in [7, 11) is 0.580. The van der Waals surface area contributed by atoms with Crippen LogP contribution in [0.3, 0.4) is 0 Å². The Balaban J connectivity index is 1.97. The van der Waals surface area contributed by atoms with E-state index in [-0.39, 0.29) is 5.41 Å². The van der Waals surface area contributed by atoms with E-state index in [1.165, 1.54) is 11.3 Å². The van der Waals surface area contributed by atoms with Gasteiger partial charge in [-0.2, -0.15) is 0 Å². The number of nitrogens with zero attached hydrogens (tertiary/aromatic N) is 1. The van der Waals surface area contributed by atoms with Crippen molar-refractivity contribution in [1.29, 1.82) is 0 Å². The standard InChI is InChI=1S/C14H25N3O2S2/c1-14(4-6-17(3)7-5-14)11-16-21(18,19)13-8-12(9-15-2)10-20-13/h8,10,15-16H,4-7,9,11H2,1-3H3. The molecule has 1 aromatic rings. The van der Waals surface area contributed by atoms with Gasteiger partial charge in [-0.3, -0.25) is 0 Å². The number of rotatable bonds is 6. The minimum absolute atomic E-state index is 0.0602. The molecule has 1 fully saturated rings. The largest absolute Gasteiger partial charge is 0.316 e. The van der Waals surface area contributed by atoms with Crippen LogP contribution in [0.25, 0.3) is 0 Å². The molecule has 1 aromatic heterocycles. The van der Waals surface area contributed by atoms with Gasteiger partial charge in [0.1, 0.15) is 4.21 Å². The molecule has 0 saturated carbocycles. The molecule has 0 atom stereocenters. The van der Waals surface area contributed by atoms with Gasteiger partial charge in [-0.05, 0) is 62.5 Å². The van der Waals surface area contributed by atoms with Gasteiger partial charge < -0.3 is 10.2 Å². The van der Waals surface area contributed by atoms with Gasteiger partial charge in [-0.15, -0.1) is 11.3 Å². The Kier molecular flexibility index (Phi) is 5.43. The maximum Gasteiger partial charge on any atom is 0.250 e. The van der Waals surface area contributed by atoms with Crippen LogP contribution in [0.15, 0.2) is 15.7 Å². The Morgan fingerprint density at radius 3 is 2.67 bits per heavy atom. The van der Waals surface area contributed by atoms with E-state index in [1.54, 1.807) is 6.07 Å². The number of likely N-dealkylation sites (tertiary alicyclic amines) is 1. The normalized spacial score (nSPS) is 19.8. The summed E-state index contributed by atoms with van der Waals surface area (Å²) in [6, 6.07) is 1.75. The van der Waals surface area contributed by atoms with Crippen molar-refractivity contribution in [3.8, 4) is 0 Å². The molecule has 2 heterocycles. The first kappa shape index (κ1) is 16.9. The molecule has 0 radical (unpaired) electrons. The molecule has 0 amide bonds. The van der Waals surface area contributed by atoms with Crippen LogP contribution in [0.2, 0.25) is 0 Å². The summed E-state index contributed by atoms with van der Waals surface area (Å²) in [5.41, 5.74) is 1.07. The lowest BCUT2D eigenvalue weighted by Crippen LogP contribution is -2.43. The van der Waals surface area contributed by atoms with E-state index in [1.807, 2.05) is 12.4 Å². The molecule has 2 N–H and O–H groups in total. The van der Waals surface area contributed by atoms with Crippen molar-refractivity contribution in [3.63, 3.8) is 0 Å². The van der Waals surface area contributed by atoms with Crippen LogP contribution in [-0.4, -0.2) is 47.0 Å². The molecular formula is C14H25N3O2S2. The van der Waals surface area contributed by atoms with Crippen LogP contribution >= 0.6 is 11.3 Å². The number of hydrogen-bond acceptors (Lipinski definition) is 5. The average molecular weight is 332 g/mol. The summed E-state index contributed by atoms with van der Waals surface area (Å²) in [6.45, 7) is 5.44. The lowest BCUT2D eigenvalue weighted by Gasteiger charge is -2.37. The Labute approximate surface area is 131 Å². The van der Waals surface area contributed by atoms with Crippen LogP contribution in [0.1, 0.15) is 25.3 Å². The maximum atomic E-state index is 12.4. The molecule has 2 rings (SSSR count). The Hall–Kier alpha value is -0.470. The van der Waals surface area contributed by atoms with Crippen LogP contribution < -0.4 is 10.0 Å². The highest BCUT2D eigenvalue weighted by atomic mass is 32.2. The van der Waals surface area contributed by atoms with E-state index in [2.05, 4.69) is 28.9 Å². The lowest BCUT2D eigenvalue weighted by molar-refractivity contribution is 0.143. The van der Waals surface area contributed by atoms with Crippen LogP contribution in [0.5, 0.6) is 0 Å². The van der Waals surface area contributed by atoms with Crippen molar-refractivity contribution in [2.75, 3.05) is 33.7 Å². The van der Waals surface area contributed by atoms with E-state index in [4.69, 9.17) is 0 Å². The molecule has 5 nitrogen and oxygen atoms in total. The third-order valence-corrected chi connectivity index (χ3v) is 7.05. The van der Waals surface area contributed by atoms with Gasteiger partial charge in [0.25, 0.3) is 0 Å². The van der Waals surface area contributed by atoms with Gasteiger partial charge in [0.05, 0.1) is 0 Å². The summed E-state index contributed by atoms with van der Waals surface area (Å²) in [4.78, 5) is 2.29. The molecule has 0 spiro atoms. The fraction of sp³-hybridized carbons (Fsp3) is 0.714. The van der Waals surface area contributed by atoms with Gasteiger partial charge in [0.2, 0.25) is 10.0 Å². The predicted molar refractivity (Wildman–Crippen MR) is 87.1 cm³/mol. The molecule has 0 unspecified atom stereocenters. The van der Waals surface area contributed by atoms with E-state index < -0.39 is 10.0 Å². The van der Waals surface area contributed by atoms with Gasteiger partial charge in [0, 0.05) is 13.1 Å². The highest BCUT2D eigenvalue weighted by Crippen LogP contribution is 2.30. The molecule has 1 aliphatic heterocycles. The summed E-state index contributed by atoms with van der Waals surface area (Å²) < 4.78 is 27.9. The van der Waals surface area contributed by atoms with Crippen LogP contribution in [0, 0.1) is 5.41 Å². The molecule has 21 heavy (non-hydrogen) atoms. The van der Waals surface area contributed by atoms with Crippen molar-refractivity contribution in [3.05, 3.63) is 17.0 Å². The van der Waals surface area contributed by atoms with Crippen molar-refractivity contribution < 1.29 is 8.42 Å². The predicted octanol–water partition coefficient (Wildman–Crippen LogP) is 1.48. The van der Waals surface area contributed by atoms with Crippen molar-refractivity contribution in [2.45, 2.75) is 30.5 Å². The van der Waals surface area contributed by atoms with Crippen molar-refractivity contribution >= 4 is 21.4 Å². The second-order valence-corrected chi connectivity index (χ2v) is 9.15. The van der Waals surface area contributed by atoms with E-state index in [9.17, 15) is 8.42 Å². The summed E-state index contributed by atoms with van der Waals surface area (Å²) >= 11 is 1.28. The molecule has 1 saturated heterocycles. The lowest BCUT2D eigenvalue weighted by atomic mass is 9.81. The summed E-state index contributed by atoms with van der Waals surface area (Å²) in [5, 5.41) is 4.92. The first-order chi connectivity index (χ1) is 9.85. The van der Waals surface area contributed by atoms with E-state index in [0.717, 1.165) is 31.5 Å². The van der Waals surface area contributed by atoms with Crippen LogP contribution in [0.4, 0.5) is 0 Å². The third kappa shape index (κ3) is 4.50. The zero-order chi connectivity index (χ0) is 15.5. The Morgan fingerprint density at radius 2 is 2.05 bits per heavy atom. The SMILES string of the molecule is CNCc1csc(S(=O)(=O)NCC2(C)CCN(C)CC2)c1. The van der Waals surface area contributed by atoms with Gasteiger partial charge in [-0.25, -0.2) is 13.1 Å². The zero-order valence-electron chi connectivity index (χ0n) is 13.0. The monoisotopic (exact) mass is 331 g/mol. The second kappa shape index (κ2) is 6.75. The minimum Gasteiger partial charge on any atom is -0.316 e. The first-order valence-electron chi connectivity index (χ1n) is 7.25. The molecule has 0 aliphatic carbocycles. The van der Waals surface area contributed by atoms with Gasteiger partial charge in [0.15, 0.2) is 0 Å². The number of hydrogen-bond donors (Lipinski definition) is 2. The second-order valence-electron chi connectivity index (χ2n) is 6.24. The molecular weight excluding hydrogens is 306 g/mol. The third-order valence-electron chi connectivity index (χ3n) is 4.16. The van der Waals surface area contributed by atoms with Gasteiger partial charge >= 0.3 is 0 Å². The zero-order valence-corrected chi connectivity index (χ0v) is 14.6. The van der Waals surface area contributed by atoms with Crippen molar-refractivity contribution in [2.24, 2.45) is 5.41 Å². The highest BCUT2D eigenvalue weighted by molar-refractivity contribution is 7.91.